The number of amides is 3. The molecule has 3 amide bonds. The Labute approximate surface area is 125 Å². The smallest absolute Gasteiger partial charge is 0.237 e. The molecule has 1 fully saturated rings. The Morgan fingerprint density at radius 1 is 1.55 bits per heavy atom. The van der Waals surface area contributed by atoms with Crippen LogP contribution in [0.2, 0.25) is 0 Å². The van der Waals surface area contributed by atoms with Crippen molar-refractivity contribution in [3.63, 3.8) is 0 Å². The van der Waals surface area contributed by atoms with Gasteiger partial charge >= 0.3 is 0 Å². The van der Waals surface area contributed by atoms with Crippen LogP contribution in [0.15, 0.2) is 0 Å². The first-order valence-corrected chi connectivity index (χ1v) is 7.15. The third kappa shape index (κ3) is 8.91. The van der Waals surface area contributed by atoms with E-state index in [1.807, 2.05) is 6.07 Å². The van der Waals surface area contributed by atoms with Crippen molar-refractivity contribution in [3.05, 3.63) is 0 Å². The molecule has 0 aromatic rings. The molecule has 0 aliphatic carbocycles. The van der Waals surface area contributed by atoms with Crippen LogP contribution in [0.4, 0.5) is 0 Å². The number of nitrogens with zero attached hydrogens (tertiary/aromatic N) is 1. The van der Waals surface area contributed by atoms with Crippen LogP contribution in [0, 0.1) is 17.2 Å². The second-order valence-electron chi connectivity index (χ2n) is 4.78. The Morgan fingerprint density at radius 2 is 2.18 bits per heavy atom. The van der Waals surface area contributed by atoms with Crippen LogP contribution < -0.4 is 16.0 Å². The summed E-state index contributed by atoms with van der Waals surface area (Å²) in [5.74, 6) is -0.787. The van der Waals surface area contributed by atoms with E-state index in [1.165, 1.54) is 12.8 Å². The third-order valence-corrected chi connectivity index (χ3v) is 2.73. The average Bonchev–Trinajstić information content (AvgIpc) is 2.47. The summed E-state index contributed by atoms with van der Waals surface area (Å²) in [4.78, 5) is 32.7. The number of rotatable bonds is 6. The van der Waals surface area contributed by atoms with Crippen LogP contribution >= 0.6 is 0 Å². The van der Waals surface area contributed by atoms with Gasteiger partial charge in [0.2, 0.25) is 11.8 Å². The summed E-state index contributed by atoms with van der Waals surface area (Å²) in [6, 6.07) is 1.22. The van der Waals surface area contributed by atoms with Gasteiger partial charge in [-0.05, 0) is 19.3 Å². The maximum Gasteiger partial charge on any atom is 0.237 e. The Kier molecular flexibility index (Phi) is 12.4. The van der Waals surface area contributed by atoms with Crippen molar-refractivity contribution in [2.45, 2.75) is 45.6 Å². The van der Waals surface area contributed by atoms with Gasteiger partial charge in [-0.1, -0.05) is 20.3 Å². The zero-order valence-corrected chi connectivity index (χ0v) is 15.3. The number of nitriles is 1. The number of carbonyl (C=O) groups excluding carboxylic acids is 3. The molecule has 0 aromatic heterocycles. The van der Waals surface area contributed by atoms with Crippen LogP contribution in [0.5, 0.6) is 0 Å². The van der Waals surface area contributed by atoms with Crippen LogP contribution in [-0.4, -0.2) is 37.4 Å². The Morgan fingerprint density at radius 3 is 2.68 bits per heavy atom. The number of piperidine rings is 1. The first kappa shape index (κ1) is 21.2. The standard InChI is InChI=1S/C11H15N4O3.C3H8.Fm/c12-5-9(15-10(17)6-13-7-16)4-8-2-1-3-14-11(8)18;1-3-2;/h8-9H,1-4,6H2,(H,13,16)(H,14,18)(H,15,17);3H2,1-2H3;/q-1;;/t8-,9-;;/m0../s1. The predicted octanol–water partition coefficient (Wildman–Crippen LogP) is -0.0158. The molecule has 7 nitrogen and oxygen atoms in total. The van der Waals surface area contributed by atoms with E-state index in [9.17, 15) is 14.4 Å². The SMILES string of the molecule is CCC.N#C[C@H](C[C@@H]1CCCNC1=O)NC(=O)CN[C-]=O.[Fm]. The van der Waals surface area contributed by atoms with E-state index in [1.54, 1.807) is 0 Å². The van der Waals surface area contributed by atoms with Crippen LogP contribution in [-0.2, 0) is 14.4 Å². The number of hydrogen-bond donors (Lipinski definition) is 3. The molecule has 0 bridgehead atoms. The van der Waals surface area contributed by atoms with E-state index in [0.29, 0.717) is 13.0 Å². The van der Waals surface area contributed by atoms with Gasteiger partial charge in [0, 0.05) is 12.5 Å². The fourth-order valence-electron chi connectivity index (χ4n) is 1.85. The largest absolute Gasteiger partial charge is 0.522 e. The number of nitrogens with one attached hydrogen (secondary N) is 3. The molecule has 1 saturated heterocycles. The molecule has 3 N–H and O–H groups in total. The molecule has 1 aliphatic heterocycles. The van der Waals surface area contributed by atoms with Crippen molar-refractivity contribution in [1.82, 2.24) is 16.0 Å². The van der Waals surface area contributed by atoms with Crippen molar-refractivity contribution < 1.29 is 14.4 Å². The molecule has 1 rings (SSSR count). The fraction of sp³-hybridized carbons (Fsp3) is 0.714. The summed E-state index contributed by atoms with van der Waals surface area (Å²) in [5.41, 5.74) is 0. The quantitative estimate of drug-likeness (QED) is 0.318. The second kappa shape index (κ2) is 12.9. The number of hydrogen-bond acceptors (Lipinski definition) is 4. The minimum atomic E-state index is -0.722. The molecule has 130 valence electrons. The van der Waals surface area contributed by atoms with Crippen LogP contribution in [0.25, 0.3) is 0 Å². The van der Waals surface area contributed by atoms with Gasteiger partial charge < -0.3 is 20.7 Å². The van der Waals surface area contributed by atoms with E-state index >= 15 is 0 Å². The van der Waals surface area contributed by atoms with Crippen molar-refractivity contribution in [2.24, 2.45) is 5.92 Å². The van der Waals surface area contributed by atoms with E-state index in [-0.39, 0.29) is 18.4 Å². The monoisotopic (exact) mass is 552 g/mol. The predicted molar refractivity (Wildman–Crippen MR) is 77.6 cm³/mol. The maximum atomic E-state index is 11.5. The van der Waals surface area contributed by atoms with Gasteiger partial charge in [-0.2, -0.15) is 11.7 Å². The summed E-state index contributed by atoms with van der Waals surface area (Å²) in [7, 11) is 0. The topological polar surface area (TPSA) is 111 Å². The van der Waals surface area contributed by atoms with Crippen molar-refractivity contribution in [1.29, 1.82) is 5.26 Å². The molecule has 1 aliphatic rings. The van der Waals surface area contributed by atoms with Crippen molar-refractivity contribution in [3.8, 4) is 6.07 Å². The molecular formula is C14H23FmN4O3-. The molecule has 0 aromatic carbocycles. The first-order chi connectivity index (χ1) is 10.1. The molecule has 0 unspecified atom stereocenters. The molecule has 0 spiro atoms. The first-order valence-electron chi connectivity index (χ1n) is 7.15. The third-order valence-electron chi connectivity index (χ3n) is 2.73. The fourth-order valence-corrected chi connectivity index (χ4v) is 1.85. The minimum Gasteiger partial charge on any atom is -0.522 e. The molecule has 0 radical (unpaired) electrons. The Bertz CT molecular complexity index is 385. The van der Waals surface area contributed by atoms with Gasteiger partial charge in [0.25, 0.3) is 0 Å². The van der Waals surface area contributed by atoms with Crippen LogP contribution in [0.3, 0.4) is 0 Å². The summed E-state index contributed by atoms with van der Waals surface area (Å²) >= 11 is 0. The summed E-state index contributed by atoms with van der Waals surface area (Å²) < 4.78 is 0. The van der Waals surface area contributed by atoms with Gasteiger partial charge in [0.1, 0.15) is 6.04 Å². The van der Waals surface area contributed by atoms with Crippen molar-refractivity contribution in [2.75, 3.05) is 13.1 Å². The van der Waals surface area contributed by atoms with E-state index in [2.05, 4.69) is 29.8 Å². The molecular weight excluding hydrogens is 529 g/mol. The molecule has 1 heterocycles. The average molecular weight is 552 g/mol. The molecule has 8 heteroatoms. The van der Waals surface area contributed by atoms with Crippen molar-refractivity contribution >= 4 is 18.2 Å². The molecule has 22 heavy (non-hydrogen) atoms. The van der Waals surface area contributed by atoms with Gasteiger partial charge in [-0.3, -0.25) is 9.59 Å². The minimum absolute atomic E-state index is 0. The Balaban J connectivity index is 0. The molecule has 0 saturated carbocycles. The zero-order chi connectivity index (χ0) is 16.1. The van der Waals surface area contributed by atoms with Gasteiger partial charge in [0.05, 0.1) is 12.6 Å². The van der Waals surface area contributed by atoms with E-state index in [4.69, 9.17) is 5.26 Å². The second-order valence-corrected chi connectivity index (χ2v) is 4.78. The number of carbonyl (C=O) groups is 2. The zero-order valence-electron chi connectivity index (χ0n) is 12.9. The van der Waals surface area contributed by atoms with Gasteiger partial charge in [-0.15, -0.1) is 0 Å². The normalized spacial score (nSPS) is 17.3. The molecule has 2 atom stereocenters. The summed E-state index contributed by atoms with van der Waals surface area (Å²) in [6.07, 6.45) is 4.51. The van der Waals surface area contributed by atoms with Gasteiger partial charge in [0.15, 0.2) is 0 Å². The van der Waals surface area contributed by atoms with Crippen LogP contribution in [0.1, 0.15) is 39.5 Å². The van der Waals surface area contributed by atoms with E-state index < -0.39 is 11.9 Å². The summed E-state index contributed by atoms with van der Waals surface area (Å²) in [5, 5.41) is 16.2. The summed E-state index contributed by atoms with van der Waals surface area (Å²) in [6.45, 7) is 4.69. The maximum absolute atomic E-state index is 11.5. The van der Waals surface area contributed by atoms with Gasteiger partial charge in [-0.25, -0.2) is 0 Å². The van der Waals surface area contributed by atoms with E-state index in [0.717, 1.165) is 12.8 Å². The Hall–Kier alpha value is -3.10.